The lowest BCUT2D eigenvalue weighted by atomic mass is 10.0. The first kappa shape index (κ1) is 32.4. The molecule has 2 aliphatic rings. The molecule has 0 radical (unpaired) electrons. The highest BCUT2D eigenvalue weighted by Crippen LogP contribution is 2.37. The number of nitrogens with one attached hydrogen (secondary N) is 1. The Kier molecular flexibility index (Phi) is 10.7. The van der Waals surface area contributed by atoms with Gasteiger partial charge in [0.25, 0.3) is 0 Å². The van der Waals surface area contributed by atoms with Crippen LogP contribution in [0.1, 0.15) is 44.2 Å². The summed E-state index contributed by atoms with van der Waals surface area (Å²) in [5, 5.41) is 14.3. The van der Waals surface area contributed by atoms with Gasteiger partial charge in [-0.05, 0) is 48.8 Å². The van der Waals surface area contributed by atoms with Gasteiger partial charge in [0.2, 0.25) is 10.0 Å². The minimum atomic E-state index is -3.90. The molecule has 1 amide bonds. The lowest BCUT2D eigenvalue weighted by Gasteiger charge is -2.31. The number of aliphatic hydroxyl groups is 1. The monoisotopic (exact) mass is 602 g/mol. The van der Waals surface area contributed by atoms with Gasteiger partial charge in [0.15, 0.2) is 0 Å². The van der Waals surface area contributed by atoms with E-state index in [4.69, 9.17) is 9.47 Å². The van der Waals surface area contributed by atoms with E-state index >= 15 is 0 Å². The standard InChI is InChI=1S/C32H47N3O6S/c1-23(2)20-34(42(38,39)28-13-11-25(12-14-28)22-35(3,4)5)21-30(36)29(17-24-9-7-6-8-10-24)33-32(37)41-27-18-26-15-16-40-31(26)19-27/h6-14,23,26-27,29-31,36H,15-22H2,1-5H3/p+1/t26?,27?,29-,30+,31+/m0/s1. The second-order valence-corrected chi connectivity index (χ2v) is 15.2. The van der Waals surface area contributed by atoms with Gasteiger partial charge in [0.05, 0.1) is 44.3 Å². The smallest absolute Gasteiger partial charge is 0.407 e. The number of hydrogen-bond donors (Lipinski definition) is 2. The predicted octanol–water partition coefficient (Wildman–Crippen LogP) is 3.81. The Morgan fingerprint density at radius 2 is 1.74 bits per heavy atom. The van der Waals surface area contributed by atoms with E-state index in [0.717, 1.165) is 41.6 Å². The molecule has 42 heavy (non-hydrogen) atoms. The van der Waals surface area contributed by atoms with Gasteiger partial charge in [-0.2, -0.15) is 4.31 Å². The van der Waals surface area contributed by atoms with Crippen LogP contribution in [0.3, 0.4) is 0 Å². The van der Waals surface area contributed by atoms with Crippen LogP contribution in [0.15, 0.2) is 59.5 Å². The van der Waals surface area contributed by atoms with E-state index in [9.17, 15) is 18.3 Å². The van der Waals surface area contributed by atoms with Crippen LogP contribution in [-0.4, -0.2) is 93.6 Å². The molecule has 10 heteroatoms. The highest BCUT2D eigenvalue weighted by atomic mass is 32.2. The van der Waals surface area contributed by atoms with E-state index in [1.807, 2.05) is 56.3 Å². The highest BCUT2D eigenvalue weighted by molar-refractivity contribution is 7.89. The fourth-order valence-corrected chi connectivity index (χ4v) is 7.60. The summed E-state index contributed by atoms with van der Waals surface area (Å²) < 4.78 is 41.2. The van der Waals surface area contributed by atoms with E-state index in [1.165, 1.54) is 4.31 Å². The molecule has 9 nitrogen and oxygen atoms in total. The Labute approximate surface area is 251 Å². The number of quaternary nitrogens is 1. The van der Waals surface area contributed by atoms with Crippen molar-refractivity contribution in [3.05, 3.63) is 65.7 Å². The second-order valence-electron chi connectivity index (χ2n) is 13.3. The van der Waals surface area contributed by atoms with Crippen LogP contribution in [-0.2, 0) is 32.5 Å². The van der Waals surface area contributed by atoms with Gasteiger partial charge in [-0.3, -0.25) is 0 Å². The van der Waals surface area contributed by atoms with Gasteiger partial charge in [0.1, 0.15) is 12.6 Å². The second kappa shape index (κ2) is 13.9. The van der Waals surface area contributed by atoms with Crippen molar-refractivity contribution < 1.29 is 32.3 Å². The highest BCUT2D eigenvalue weighted by Gasteiger charge is 2.40. The number of ether oxygens (including phenoxy) is 2. The minimum absolute atomic E-state index is 0.0268. The van der Waals surface area contributed by atoms with Crippen molar-refractivity contribution >= 4 is 16.1 Å². The minimum Gasteiger partial charge on any atom is -0.446 e. The van der Waals surface area contributed by atoms with Crippen molar-refractivity contribution in [3.8, 4) is 0 Å². The number of aliphatic hydroxyl groups excluding tert-OH is 1. The first-order valence-corrected chi connectivity index (χ1v) is 16.4. The normalized spacial score (nSPS) is 22.2. The molecule has 0 spiro atoms. The maximum absolute atomic E-state index is 13.8. The molecule has 1 saturated heterocycles. The third kappa shape index (κ3) is 9.00. The van der Waals surface area contributed by atoms with Crippen LogP contribution in [0.2, 0.25) is 0 Å². The molecular weight excluding hydrogens is 554 g/mol. The summed E-state index contributed by atoms with van der Waals surface area (Å²) in [7, 11) is 2.34. The third-order valence-corrected chi connectivity index (χ3v) is 9.77. The van der Waals surface area contributed by atoms with Gasteiger partial charge in [0, 0.05) is 31.7 Å². The van der Waals surface area contributed by atoms with E-state index < -0.39 is 28.3 Å². The quantitative estimate of drug-likeness (QED) is 0.338. The number of carbonyl (C=O) groups is 1. The van der Waals surface area contributed by atoms with Gasteiger partial charge in [-0.15, -0.1) is 0 Å². The Hall–Kier alpha value is -2.50. The molecule has 2 unspecified atom stereocenters. The van der Waals surface area contributed by atoms with Crippen LogP contribution < -0.4 is 5.32 Å². The largest absolute Gasteiger partial charge is 0.446 e. The topological polar surface area (TPSA) is 105 Å². The van der Waals surface area contributed by atoms with Crippen molar-refractivity contribution in [2.24, 2.45) is 11.8 Å². The Balaban J connectivity index is 1.49. The van der Waals surface area contributed by atoms with Crippen LogP contribution in [0.5, 0.6) is 0 Å². The number of nitrogens with zero attached hydrogens (tertiary/aromatic N) is 2. The van der Waals surface area contributed by atoms with Crippen molar-refractivity contribution in [1.82, 2.24) is 9.62 Å². The first-order chi connectivity index (χ1) is 19.8. The van der Waals surface area contributed by atoms with E-state index in [0.29, 0.717) is 18.8 Å². The fourth-order valence-electron chi connectivity index (χ4n) is 5.98. The van der Waals surface area contributed by atoms with Crippen LogP contribution in [0, 0.1) is 11.8 Å². The van der Waals surface area contributed by atoms with E-state index in [2.05, 4.69) is 26.5 Å². The maximum Gasteiger partial charge on any atom is 0.407 e. The molecule has 0 bridgehead atoms. The molecular formula is C32H48N3O6S+. The van der Waals surface area contributed by atoms with Crippen LogP contribution >= 0.6 is 0 Å². The van der Waals surface area contributed by atoms with Crippen molar-refractivity contribution in [1.29, 1.82) is 0 Å². The molecule has 1 aliphatic carbocycles. The van der Waals surface area contributed by atoms with Gasteiger partial charge in [-0.1, -0.05) is 56.3 Å². The summed E-state index contributed by atoms with van der Waals surface area (Å²) in [5.74, 6) is 0.448. The fraction of sp³-hybridized carbons (Fsp3) is 0.594. The molecule has 1 heterocycles. The maximum atomic E-state index is 13.8. The van der Waals surface area contributed by atoms with Crippen molar-refractivity contribution in [2.45, 2.75) is 75.3 Å². The molecule has 2 N–H and O–H groups in total. The molecule has 2 aromatic carbocycles. The molecule has 2 fully saturated rings. The summed E-state index contributed by atoms with van der Waals surface area (Å²) in [6.45, 7) is 5.48. The molecule has 4 rings (SSSR count). The van der Waals surface area contributed by atoms with Gasteiger partial charge < -0.3 is 24.4 Å². The first-order valence-electron chi connectivity index (χ1n) is 15.0. The Morgan fingerprint density at radius 3 is 2.36 bits per heavy atom. The molecule has 1 aliphatic heterocycles. The lowest BCUT2D eigenvalue weighted by molar-refractivity contribution is -0.884. The molecule has 0 aromatic heterocycles. The molecule has 1 saturated carbocycles. The number of amides is 1. The molecule has 2 aromatic rings. The number of alkyl carbamates (subject to hydrolysis) is 1. The summed E-state index contributed by atoms with van der Waals surface area (Å²) in [6, 6.07) is 15.7. The number of rotatable bonds is 13. The lowest BCUT2D eigenvalue weighted by Crippen LogP contribution is -2.51. The van der Waals surface area contributed by atoms with Gasteiger partial charge in [-0.25, -0.2) is 13.2 Å². The SMILES string of the molecule is CC(C)CN(C[C@@H](O)[C@H](Cc1ccccc1)NC(=O)OC1CC2CCO[C@@H]2C1)S(=O)(=O)c1ccc(C[N+](C)(C)C)cc1. The number of sulfonamides is 1. The number of benzene rings is 2. The molecule has 5 atom stereocenters. The van der Waals surface area contributed by atoms with Crippen molar-refractivity contribution in [2.75, 3.05) is 40.8 Å². The van der Waals surface area contributed by atoms with E-state index in [1.54, 1.807) is 12.1 Å². The summed E-state index contributed by atoms with van der Waals surface area (Å²) in [6.07, 6.45) is 0.903. The Morgan fingerprint density at radius 1 is 1.05 bits per heavy atom. The van der Waals surface area contributed by atoms with Crippen molar-refractivity contribution in [3.63, 3.8) is 0 Å². The zero-order valence-electron chi connectivity index (χ0n) is 25.6. The number of hydrogen-bond acceptors (Lipinski definition) is 6. The zero-order chi connectivity index (χ0) is 30.5. The zero-order valence-corrected chi connectivity index (χ0v) is 26.4. The summed E-state index contributed by atoms with van der Waals surface area (Å²) in [4.78, 5) is 13.2. The van der Waals surface area contributed by atoms with E-state index in [-0.39, 0.29) is 36.1 Å². The average molecular weight is 603 g/mol. The Bertz CT molecular complexity index is 1250. The summed E-state index contributed by atoms with van der Waals surface area (Å²) in [5.41, 5.74) is 1.96. The third-order valence-electron chi connectivity index (χ3n) is 7.92. The average Bonchev–Trinajstić information content (AvgIpc) is 3.49. The summed E-state index contributed by atoms with van der Waals surface area (Å²) >= 11 is 0. The predicted molar refractivity (Wildman–Crippen MR) is 162 cm³/mol. The van der Waals surface area contributed by atoms with Crippen LogP contribution in [0.25, 0.3) is 0 Å². The number of carbonyl (C=O) groups excluding carboxylic acids is 1. The molecule has 232 valence electrons. The van der Waals surface area contributed by atoms with Gasteiger partial charge >= 0.3 is 6.09 Å². The number of fused-ring (bicyclic) bond motifs is 1. The van der Waals surface area contributed by atoms with Crippen LogP contribution in [0.4, 0.5) is 4.79 Å².